The Morgan fingerprint density at radius 3 is 2.19 bits per heavy atom. The molecule has 1 aliphatic rings. The molecule has 0 fully saturated rings. The Hall–Kier alpha value is -2.21. The second-order valence-electron chi connectivity index (χ2n) is 5.10. The molecular weight excluding hydrogens is 274 g/mol. The molecule has 2 amide bonds. The highest BCUT2D eigenvalue weighted by molar-refractivity contribution is 6.21. The first-order valence-electron chi connectivity index (χ1n) is 6.75. The number of fused-ring (bicyclic) bond motifs is 1. The van der Waals surface area contributed by atoms with Crippen LogP contribution in [0.1, 0.15) is 41.0 Å². The quantitative estimate of drug-likeness (QED) is 0.646. The van der Waals surface area contributed by atoms with Crippen molar-refractivity contribution >= 4 is 17.8 Å². The summed E-state index contributed by atoms with van der Waals surface area (Å²) in [5.41, 5.74) is 0.698. The van der Waals surface area contributed by atoms with Crippen LogP contribution in [-0.4, -0.2) is 46.5 Å². The topological polar surface area (TPSA) is 83.9 Å². The normalized spacial score (nSPS) is 15.3. The fraction of sp³-hybridized carbons (Fsp3) is 0.400. The molecule has 2 rings (SSSR count). The van der Waals surface area contributed by atoms with E-state index in [0.717, 1.165) is 4.90 Å². The van der Waals surface area contributed by atoms with Crippen molar-refractivity contribution in [3.8, 4) is 0 Å². The van der Waals surface area contributed by atoms with Crippen LogP contribution < -0.4 is 0 Å². The lowest BCUT2D eigenvalue weighted by molar-refractivity contribution is -0.157. The number of hydrogen-bond acceptors (Lipinski definition) is 5. The van der Waals surface area contributed by atoms with Gasteiger partial charge >= 0.3 is 5.97 Å². The molecule has 6 heteroatoms. The van der Waals surface area contributed by atoms with Gasteiger partial charge in [-0.3, -0.25) is 14.5 Å². The van der Waals surface area contributed by atoms with Gasteiger partial charge in [-0.1, -0.05) is 12.1 Å². The number of benzene rings is 1. The van der Waals surface area contributed by atoms with Gasteiger partial charge in [-0.25, -0.2) is 4.79 Å². The molecule has 1 atom stereocenters. The summed E-state index contributed by atoms with van der Waals surface area (Å²) in [6, 6.07) is 6.53. The van der Waals surface area contributed by atoms with Crippen molar-refractivity contribution in [2.75, 3.05) is 6.54 Å². The third kappa shape index (κ3) is 3.11. The van der Waals surface area contributed by atoms with Gasteiger partial charge in [0.2, 0.25) is 0 Å². The van der Waals surface area contributed by atoms with Gasteiger partial charge in [0, 0.05) is 13.0 Å². The third-order valence-corrected chi connectivity index (χ3v) is 3.13. The largest absolute Gasteiger partial charge is 0.461 e. The first-order chi connectivity index (χ1) is 9.91. The summed E-state index contributed by atoms with van der Waals surface area (Å²) in [5.74, 6) is -1.55. The van der Waals surface area contributed by atoms with Crippen molar-refractivity contribution in [2.24, 2.45) is 0 Å². The van der Waals surface area contributed by atoms with Gasteiger partial charge in [0.15, 0.2) is 6.10 Å². The van der Waals surface area contributed by atoms with Gasteiger partial charge in [-0.2, -0.15) is 0 Å². The Bertz CT molecular complexity index is 546. The summed E-state index contributed by atoms with van der Waals surface area (Å²) in [7, 11) is 0. The van der Waals surface area contributed by atoms with E-state index >= 15 is 0 Å². The van der Waals surface area contributed by atoms with Gasteiger partial charge in [0.25, 0.3) is 11.8 Å². The van der Waals surface area contributed by atoms with Crippen LogP contribution in [0.15, 0.2) is 24.3 Å². The fourth-order valence-electron chi connectivity index (χ4n) is 2.12. The molecule has 0 saturated heterocycles. The summed E-state index contributed by atoms with van der Waals surface area (Å²) in [5, 5.41) is 9.69. The second kappa shape index (κ2) is 6.05. The molecular formula is C15H17NO5. The molecule has 0 aliphatic carbocycles. The first-order valence-corrected chi connectivity index (χ1v) is 6.75. The smallest absolute Gasteiger partial charge is 0.335 e. The van der Waals surface area contributed by atoms with Crippen molar-refractivity contribution in [1.29, 1.82) is 0 Å². The Morgan fingerprint density at radius 2 is 1.71 bits per heavy atom. The molecule has 0 saturated carbocycles. The molecule has 0 bridgehead atoms. The van der Waals surface area contributed by atoms with Crippen molar-refractivity contribution in [3.63, 3.8) is 0 Å². The number of carbonyl (C=O) groups is 3. The summed E-state index contributed by atoms with van der Waals surface area (Å²) in [6.07, 6.45) is -1.72. The highest BCUT2D eigenvalue weighted by Gasteiger charge is 2.35. The maximum absolute atomic E-state index is 12.1. The highest BCUT2D eigenvalue weighted by Crippen LogP contribution is 2.22. The van der Waals surface area contributed by atoms with E-state index in [-0.39, 0.29) is 19.1 Å². The molecule has 1 aliphatic heterocycles. The maximum Gasteiger partial charge on any atom is 0.335 e. The maximum atomic E-state index is 12.1. The number of rotatable bonds is 5. The Kier molecular flexibility index (Phi) is 4.37. The van der Waals surface area contributed by atoms with Crippen LogP contribution >= 0.6 is 0 Å². The van der Waals surface area contributed by atoms with Crippen LogP contribution in [-0.2, 0) is 9.53 Å². The number of nitrogens with zero attached hydrogens (tertiary/aromatic N) is 1. The Morgan fingerprint density at radius 1 is 1.19 bits per heavy atom. The van der Waals surface area contributed by atoms with Crippen molar-refractivity contribution < 1.29 is 24.2 Å². The van der Waals surface area contributed by atoms with Gasteiger partial charge in [-0.15, -0.1) is 0 Å². The molecule has 0 spiro atoms. The van der Waals surface area contributed by atoms with Crippen LogP contribution in [0.2, 0.25) is 0 Å². The lowest BCUT2D eigenvalue weighted by Gasteiger charge is -2.17. The summed E-state index contributed by atoms with van der Waals surface area (Å²) < 4.78 is 4.87. The van der Waals surface area contributed by atoms with E-state index in [1.54, 1.807) is 38.1 Å². The summed E-state index contributed by atoms with van der Waals surface area (Å²) >= 11 is 0. The number of amides is 2. The molecule has 1 heterocycles. The Balaban J connectivity index is 1.98. The lowest BCUT2D eigenvalue weighted by Crippen LogP contribution is -2.35. The molecule has 21 heavy (non-hydrogen) atoms. The summed E-state index contributed by atoms with van der Waals surface area (Å²) in [4.78, 5) is 36.7. The molecule has 1 aromatic rings. The number of hydrogen-bond donors (Lipinski definition) is 1. The van der Waals surface area contributed by atoms with Crippen molar-refractivity contribution in [2.45, 2.75) is 32.5 Å². The minimum atomic E-state index is -1.35. The molecule has 1 aromatic carbocycles. The number of carbonyl (C=O) groups excluding carboxylic acids is 3. The first kappa shape index (κ1) is 15.2. The zero-order valence-corrected chi connectivity index (χ0v) is 11.9. The number of ether oxygens (including phenoxy) is 1. The zero-order valence-electron chi connectivity index (χ0n) is 11.9. The standard InChI is InChI=1S/C15H17NO5/c1-9(2)21-15(20)12(17)7-8-16-13(18)10-5-3-4-6-11(10)14(16)19/h3-6,9,12,17H,7-8H2,1-2H3. The van der Waals surface area contributed by atoms with Crippen molar-refractivity contribution in [3.05, 3.63) is 35.4 Å². The SMILES string of the molecule is CC(C)OC(=O)C(O)CCN1C(=O)c2ccccc2C1=O. The molecule has 6 nitrogen and oxygen atoms in total. The number of aliphatic hydroxyl groups is 1. The van der Waals surface area contributed by atoms with E-state index in [4.69, 9.17) is 4.74 Å². The fourth-order valence-corrected chi connectivity index (χ4v) is 2.12. The molecule has 0 aromatic heterocycles. The van der Waals surface area contributed by atoms with E-state index < -0.39 is 23.9 Å². The highest BCUT2D eigenvalue weighted by atomic mass is 16.6. The Labute approximate surface area is 122 Å². The third-order valence-electron chi connectivity index (χ3n) is 3.13. The minimum Gasteiger partial charge on any atom is -0.461 e. The summed E-state index contributed by atoms with van der Waals surface area (Å²) in [6.45, 7) is 3.32. The van der Waals surface area contributed by atoms with E-state index in [1.807, 2.05) is 0 Å². The average molecular weight is 291 g/mol. The van der Waals surface area contributed by atoms with E-state index in [2.05, 4.69) is 0 Å². The van der Waals surface area contributed by atoms with E-state index in [1.165, 1.54) is 0 Å². The zero-order chi connectivity index (χ0) is 15.6. The average Bonchev–Trinajstić information content (AvgIpc) is 2.68. The molecule has 1 N–H and O–H groups in total. The monoisotopic (exact) mass is 291 g/mol. The van der Waals surface area contributed by atoms with E-state index in [9.17, 15) is 19.5 Å². The van der Waals surface area contributed by atoms with Gasteiger partial charge in [0.05, 0.1) is 17.2 Å². The van der Waals surface area contributed by atoms with Crippen LogP contribution in [0.4, 0.5) is 0 Å². The van der Waals surface area contributed by atoms with Crippen LogP contribution in [0.3, 0.4) is 0 Å². The van der Waals surface area contributed by atoms with Crippen molar-refractivity contribution in [1.82, 2.24) is 4.90 Å². The number of imide groups is 1. The van der Waals surface area contributed by atoms with Crippen LogP contribution in [0.25, 0.3) is 0 Å². The van der Waals surface area contributed by atoms with E-state index in [0.29, 0.717) is 11.1 Å². The second-order valence-corrected chi connectivity index (χ2v) is 5.10. The predicted molar refractivity (Wildman–Crippen MR) is 73.7 cm³/mol. The molecule has 112 valence electrons. The van der Waals surface area contributed by atoms with Crippen LogP contribution in [0, 0.1) is 0 Å². The van der Waals surface area contributed by atoms with Gasteiger partial charge in [0.1, 0.15) is 0 Å². The molecule has 1 unspecified atom stereocenters. The van der Waals surface area contributed by atoms with Crippen LogP contribution in [0.5, 0.6) is 0 Å². The molecule has 0 radical (unpaired) electrons. The predicted octanol–water partition coefficient (Wildman–Crippen LogP) is 0.985. The minimum absolute atomic E-state index is 0.0271. The number of esters is 1. The number of aliphatic hydroxyl groups excluding tert-OH is 1. The van der Waals surface area contributed by atoms with Gasteiger partial charge in [-0.05, 0) is 26.0 Å². The lowest BCUT2D eigenvalue weighted by atomic mass is 10.1. The van der Waals surface area contributed by atoms with Gasteiger partial charge < -0.3 is 9.84 Å².